The molecular formula is C45H45O3P. The van der Waals surface area contributed by atoms with Crippen molar-refractivity contribution in [3.05, 3.63) is 212 Å². The molecule has 0 aliphatic heterocycles. The van der Waals surface area contributed by atoms with E-state index in [2.05, 4.69) is 187 Å². The second kappa shape index (κ2) is 15.9. The predicted molar refractivity (Wildman–Crippen MR) is 203 cm³/mol. The third kappa shape index (κ3) is 7.93. The van der Waals surface area contributed by atoms with Crippen LogP contribution >= 0.6 is 8.60 Å². The molecule has 0 amide bonds. The van der Waals surface area contributed by atoms with Crippen molar-refractivity contribution >= 4 is 8.60 Å². The molecule has 0 aromatic heterocycles. The van der Waals surface area contributed by atoms with Gasteiger partial charge in [0.2, 0.25) is 0 Å². The Bertz CT molecular complexity index is 1650. The highest BCUT2D eigenvalue weighted by Gasteiger charge is 2.34. The van der Waals surface area contributed by atoms with Crippen LogP contribution in [-0.2, 0) is 13.6 Å². The van der Waals surface area contributed by atoms with Crippen LogP contribution in [0.25, 0.3) is 0 Å². The van der Waals surface area contributed by atoms with Crippen LogP contribution in [-0.4, -0.2) is 0 Å². The molecule has 0 unspecified atom stereocenters. The van der Waals surface area contributed by atoms with E-state index in [4.69, 9.17) is 13.6 Å². The van der Waals surface area contributed by atoms with Gasteiger partial charge in [-0.15, -0.1) is 0 Å². The molecule has 0 aliphatic rings. The first kappa shape index (κ1) is 34.5. The molecule has 6 aromatic rings. The molecule has 49 heavy (non-hydrogen) atoms. The van der Waals surface area contributed by atoms with Gasteiger partial charge in [0.15, 0.2) is 0 Å². The van der Waals surface area contributed by atoms with E-state index in [0.717, 1.165) is 66.8 Å². The van der Waals surface area contributed by atoms with Crippen LogP contribution in [0, 0.1) is 41.5 Å². The Kier molecular flexibility index (Phi) is 11.2. The van der Waals surface area contributed by atoms with E-state index in [1.165, 1.54) is 0 Å². The molecule has 0 radical (unpaired) electrons. The average Bonchev–Trinajstić information content (AvgIpc) is 3.10. The SMILES string of the molecule is Cc1ccccc1C(OP(OC(c1ccccc1C)c1ccccc1C)OC(c1ccccc1C)c1ccccc1C)c1ccccc1C. The summed E-state index contributed by atoms with van der Waals surface area (Å²) in [6, 6.07) is 50.7. The summed E-state index contributed by atoms with van der Waals surface area (Å²) in [7, 11) is -1.99. The van der Waals surface area contributed by atoms with Gasteiger partial charge >= 0.3 is 8.60 Å². The van der Waals surface area contributed by atoms with Gasteiger partial charge in [-0.25, -0.2) is 0 Å². The first-order valence-corrected chi connectivity index (χ1v) is 18.0. The Morgan fingerprint density at radius 1 is 0.286 bits per heavy atom. The third-order valence-corrected chi connectivity index (χ3v) is 10.5. The maximum absolute atomic E-state index is 7.31. The van der Waals surface area contributed by atoms with Gasteiger partial charge in [-0.3, -0.25) is 13.6 Å². The number of benzene rings is 6. The van der Waals surface area contributed by atoms with Gasteiger partial charge in [0.25, 0.3) is 0 Å². The van der Waals surface area contributed by atoms with Crippen LogP contribution in [0.1, 0.15) is 85.1 Å². The van der Waals surface area contributed by atoms with E-state index < -0.39 is 26.9 Å². The average molecular weight is 665 g/mol. The largest absolute Gasteiger partial charge is 0.335 e. The van der Waals surface area contributed by atoms with Crippen molar-refractivity contribution < 1.29 is 13.6 Å². The Morgan fingerprint density at radius 2 is 0.449 bits per heavy atom. The Labute approximate surface area is 293 Å². The Balaban J connectivity index is 1.54. The van der Waals surface area contributed by atoms with E-state index in [1.54, 1.807) is 0 Å². The molecule has 0 aliphatic carbocycles. The van der Waals surface area contributed by atoms with E-state index in [1.807, 2.05) is 0 Å². The molecular weight excluding hydrogens is 619 g/mol. The highest BCUT2D eigenvalue weighted by molar-refractivity contribution is 7.41. The summed E-state index contributed by atoms with van der Waals surface area (Å²) < 4.78 is 21.9. The minimum Gasteiger partial charge on any atom is -0.299 e. The first-order valence-electron chi connectivity index (χ1n) is 17.0. The molecule has 4 heteroatoms. The molecule has 248 valence electrons. The second-order valence-electron chi connectivity index (χ2n) is 12.8. The second-order valence-corrected chi connectivity index (χ2v) is 13.9. The van der Waals surface area contributed by atoms with E-state index in [0.29, 0.717) is 0 Å². The monoisotopic (exact) mass is 664 g/mol. The number of aryl methyl sites for hydroxylation is 6. The highest BCUT2D eigenvalue weighted by atomic mass is 31.2. The molecule has 0 bridgehead atoms. The van der Waals surface area contributed by atoms with Gasteiger partial charge in [0.05, 0.1) is 0 Å². The standard InChI is InChI=1S/C45H45O3P/c1-31-19-7-13-25-37(31)43(38-26-14-8-20-32(38)2)46-49(47-44(39-27-15-9-21-33(39)3)40-28-16-10-22-34(40)4)48-45(41-29-17-11-23-35(41)5)42-30-18-12-24-36(42)6/h7-30,43-45H,1-6H3. The zero-order valence-corrected chi connectivity index (χ0v) is 30.2. The van der Waals surface area contributed by atoms with Crippen molar-refractivity contribution in [2.45, 2.75) is 59.9 Å². The summed E-state index contributed by atoms with van der Waals surface area (Å²) in [4.78, 5) is 0. The van der Waals surface area contributed by atoms with E-state index in [-0.39, 0.29) is 0 Å². The summed E-state index contributed by atoms with van der Waals surface area (Å²) in [5.41, 5.74) is 13.4. The van der Waals surface area contributed by atoms with Crippen LogP contribution in [0.5, 0.6) is 0 Å². The lowest BCUT2D eigenvalue weighted by molar-refractivity contribution is 0.0948. The predicted octanol–water partition coefficient (Wildman–Crippen LogP) is 12.5. The van der Waals surface area contributed by atoms with Crippen molar-refractivity contribution in [3.8, 4) is 0 Å². The maximum Gasteiger partial charge on any atom is 0.335 e. The summed E-state index contributed by atoms with van der Waals surface area (Å²) in [6.07, 6.45) is -1.26. The first-order chi connectivity index (χ1) is 23.8. The van der Waals surface area contributed by atoms with Crippen LogP contribution in [0.2, 0.25) is 0 Å². The zero-order valence-electron chi connectivity index (χ0n) is 29.3. The van der Waals surface area contributed by atoms with Crippen molar-refractivity contribution in [3.63, 3.8) is 0 Å². The third-order valence-electron chi connectivity index (χ3n) is 9.40. The zero-order chi connectivity index (χ0) is 34.3. The molecule has 0 N–H and O–H groups in total. The molecule has 3 nitrogen and oxygen atoms in total. The van der Waals surface area contributed by atoms with Crippen molar-refractivity contribution in [1.82, 2.24) is 0 Å². The summed E-state index contributed by atoms with van der Waals surface area (Å²) >= 11 is 0. The van der Waals surface area contributed by atoms with Gasteiger partial charge in [-0.05, 0) is 108 Å². The van der Waals surface area contributed by atoms with E-state index in [9.17, 15) is 0 Å². The molecule has 0 fully saturated rings. The van der Waals surface area contributed by atoms with Crippen LogP contribution < -0.4 is 0 Å². The van der Waals surface area contributed by atoms with Gasteiger partial charge < -0.3 is 0 Å². The smallest absolute Gasteiger partial charge is 0.299 e. The molecule has 0 atom stereocenters. The summed E-state index contributed by atoms with van der Waals surface area (Å²) in [5, 5.41) is 0. The fourth-order valence-electron chi connectivity index (χ4n) is 6.46. The van der Waals surface area contributed by atoms with Crippen LogP contribution in [0.15, 0.2) is 146 Å². The minimum absolute atomic E-state index is 0.419. The number of rotatable bonds is 12. The number of hydrogen-bond acceptors (Lipinski definition) is 3. The minimum atomic E-state index is -1.99. The summed E-state index contributed by atoms with van der Waals surface area (Å²) in [6.45, 7) is 12.8. The van der Waals surface area contributed by atoms with Gasteiger partial charge in [-0.1, -0.05) is 146 Å². The van der Waals surface area contributed by atoms with Crippen LogP contribution in [0.4, 0.5) is 0 Å². The molecule has 0 saturated carbocycles. The highest BCUT2D eigenvalue weighted by Crippen LogP contribution is 2.56. The fraction of sp³-hybridized carbons (Fsp3) is 0.200. The normalized spacial score (nSPS) is 11.6. The lowest BCUT2D eigenvalue weighted by Crippen LogP contribution is -2.15. The van der Waals surface area contributed by atoms with Crippen molar-refractivity contribution in [2.75, 3.05) is 0 Å². The van der Waals surface area contributed by atoms with Crippen molar-refractivity contribution in [1.29, 1.82) is 0 Å². The molecule has 0 spiro atoms. The van der Waals surface area contributed by atoms with Crippen LogP contribution in [0.3, 0.4) is 0 Å². The lowest BCUT2D eigenvalue weighted by Gasteiger charge is -2.33. The quantitative estimate of drug-likeness (QED) is 0.122. The van der Waals surface area contributed by atoms with E-state index >= 15 is 0 Å². The lowest BCUT2D eigenvalue weighted by atomic mass is 9.95. The van der Waals surface area contributed by atoms with Gasteiger partial charge in [0, 0.05) is 0 Å². The fourth-order valence-corrected chi connectivity index (χ4v) is 7.81. The molecule has 6 aromatic carbocycles. The maximum atomic E-state index is 7.31. The van der Waals surface area contributed by atoms with Crippen molar-refractivity contribution in [2.24, 2.45) is 0 Å². The Morgan fingerprint density at radius 3 is 0.612 bits per heavy atom. The number of hydrogen-bond donors (Lipinski definition) is 0. The molecule has 0 heterocycles. The Hall–Kier alpha value is -4.37. The van der Waals surface area contributed by atoms with Gasteiger partial charge in [0.1, 0.15) is 18.3 Å². The summed E-state index contributed by atoms with van der Waals surface area (Å²) in [5.74, 6) is 0. The molecule has 6 rings (SSSR count). The molecule has 0 saturated heterocycles. The van der Waals surface area contributed by atoms with Gasteiger partial charge in [-0.2, -0.15) is 0 Å². The topological polar surface area (TPSA) is 27.7 Å².